The van der Waals surface area contributed by atoms with Crippen LogP contribution in [0.15, 0.2) is 64.5 Å². The number of hydrogen-bond donors (Lipinski definition) is 2. The van der Waals surface area contributed by atoms with Crippen molar-refractivity contribution in [3.63, 3.8) is 0 Å². The zero-order valence-electron chi connectivity index (χ0n) is 15.4. The lowest BCUT2D eigenvalue weighted by atomic mass is 10.1. The summed E-state index contributed by atoms with van der Waals surface area (Å²) >= 11 is 0. The summed E-state index contributed by atoms with van der Waals surface area (Å²) in [6.45, 7) is 1.24. The molecule has 0 spiro atoms. The van der Waals surface area contributed by atoms with Crippen molar-refractivity contribution in [1.82, 2.24) is 19.1 Å². The highest BCUT2D eigenvalue weighted by Crippen LogP contribution is 2.30. The Hall–Kier alpha value is -3.62. The molecule has 150 valence electrons. The number of halogens is 2. The van der Waals surface area contributed by atoms with Gasteiger partial charge in [0.2, 0.25) is 0 Å². The minimum atomic E-state index is -1.00. The van der Waals surface area contributed by atoms with Gasteiger partial charge in [-0.3, -0.25) is 9.55 Å². The van der Waals surface area contributed by atoms with Crippen LogP contribution in [0.2, 0.25) is 0 Å². The number of nitrogens with one attached hydrogen (secondary N) is 2. The van der Waals surface area contributed by atoms with Crippen LogP contribution in [0.3, 0.4) is 0 Å². The summed E-state index contributed by atoms with van der Waals surface area (Å²) in [5.41, 5.74) is -0.131. The molecule has 2 N–H and O–H groups in total. The lowest BCUT2D eigenvalue weighted by molar-refractivity contribution is 0.508. The van der Waals surface area contributed by atoms with Gasteiger partial charge in [-0.25, -0.2) is 18.6 Å². The fourth-order valence-corrected chi connectivity index (χ4v) is 3.20. The van der Waals surface area contributed by atoms with Crippen molar-refractivity contribution in [2.75, 3.05) is 5.32 Å². The van der Waals surface area contributed by atoms with Gasteiger partial charge in [0.15, 0.2) is 11.6 Å². The molecule has 0 bridgehead atoms. The zero-order valence-corrected chi connectivity index (χ0v) is 15.4. The van der Waals surface area contributed by atoms with E-state index in [1.165, 1.54) is 23.0 Å². The highest BCUT2D eigenvalue weighted by Gasteiger charge is 2.21. The first-order valence-electron chi connectivity index (χ1n) is 9.12. The van der Waals surface area contributed by atoms with Gasteiger partial charge in [0.1, 0.15) is 11.6 Å². The fraction of sp³-hybridized carbons (Fsp3) is 0.200. The molecule has 0 amide bonds. The molecule has 4 aromatic rings. The van der Waals surface area contributed by atoms with Crippen LogP contribution in [0.25, 0.3) is 11.3 Å². The Balaban J connectivity index is 1.67. The van der Waals surface area contributed by atoms with Crippen LogP contribution < -0.4 is 11.0 Å². The molecular weight excluding hydrogens is 380 g/mol. The first-order valence-corrected chi connectivity index (χ1v) is 9.12. The standard InChI is InChI=1S/C20H19F2N5O2/c21-16-6-1-5-15(17(16)22)18-19(24-12-14-4-2-11-29-14)25-20(28)27(18)9-3-8-26-10-7-23-13-26/h1-2,4-7,10-11,13,24H,3,8-9,12H2,(H,25,28). The first kappa shape index (κ1) is 18.7. The molecule has 0 radical (unpaired) electrons. The molecule has 0 atom stereocenters. The summed E-state index contributed by atoms with van der Waals surface area (Å²) < 4.78 is 37.0. The van der Waals surface area contributed by atoms with Crippen LogP contribution in [0.5, 0.6) is 0 Å². The van der Waals surface area contributed by atoms with E-state index in [-0.39, 0.29) is 17.8 Å². The van der Waals surface area contributed by atoms with Crippen LogP contribution >= 0.6 is 0 Å². The number of hydrogen-bond acceptors (Lipinski definition) is 4. The van der Waals surface area contributed by atoms with E-state index in [4.69, 9.17) is 4.42 Å². The largest absolute Gasteiger partial charge is 0.467 e. The van der Waals surface area contributed by atoms with Gasteiger partial charge < -0.3 is 14.3 Å². The highest BCUT2D eigenvalue weighted by atomic mass is 19.2. The van der Waals surface area contributed by atoms with E-state index in [1.54, 1.807) is 24.7 Å². The highest BCUT2D eigenvalue weighted by molar-refractivity contribution is 5.73. The maximum atomic E-state index is 14.6. The summed E-state index contributed by atoms with van der Waals surface area (Å²) in [5, 5.41) is 3.05. The molecule has 1 aromatic carbocycles. The van der Waals surface area contributed by atoms with Crippen LogP contribution in [0, 0.1) is 11.6 Å². The minimum Gasteiger partial charge on any atom is -0.467 e. The number of nitrogens with zero attached hydrogens (tertiary/aromatic N) is 3. The van der Waals surface area contributed by atoms with Crippen molar-refractivity contribution >= 4 is 5.82 Å². The average molecular weight is 399 g/mol. The lowest BCUT2D eigenvalue weighted by Gasteiger charge is -2.12. The van der Waals surface area contributed by atoms with Gasteiger partial charge in [0.25, 0.3) is 0 Å². The zero-order chi connectivity index (χ0) is 20.2. The Morgan fingerprint density at radius 1 is 1.17 bits per heavy atom. The van der Waals surface area contributed by atoms with E-state index >= 15 is 0 Å². The fourth-order valence-electron chi connectivity index (χ4n) is 3.20. The average Bonchev–Trinajstić information content (AvgIpc) is 3.46. The number of imidazole rings is 2. The van der Waals surface area contributed by atoms with Crippen molar-refractivity contribution in [2.45, 2.75) is 26.1 Å². The molecule has 0 aliphatic carbocycles. The summed E-state index contributed by atoms with van der Waals surface area (Å²) in [5.74, 6) is -1.03. The van der Waals surface area contributed by atoms with E-state index in [2.05, 4.69) is 15.3 Å². The summed E-state index contributed by atoms with van der Waals surface area (Å²) in [6.07, 6.45) is 7.32. The van der Waals surface area contributed by atoms with Gasteiger partial charge in [-0.2, -0.15) is 0 Å². The monoisotopic (exact) mass is 399 g/mol. The van der Waals surface area contributed by atoms with Crippen molar-refractivity contribution in [1.29, 1.82) is 0 Å². The third-order valence-corrected chi connectivity index (χ3v) is 4.57. The van der Waals surface area contributed by atoms with Gasteiger partial charge >= 0.3 is 5.69 Å². The Kier molecular flexibility index (Phi) is 5.28. The van der Waals surface area contributed by atoms with E-state index in [1.807, 2.05) is 10.8 Å². The van der Waals surface area contributed by atoms with Gasteiger partial charge in [-0.1, -0.05) is 6.07 Å². The smallest absolute Gasteiger partial charge is 0.327 e. The van der Waals surface area contributed by atoms with Crippen LogP contribution in [-0.4, -0.2) is 19.1 Å². The molecule has 0 fully saturated rings. The maximum Gasteiger partial charge on any atom is 0.327 e. The van der Waals surface area contributed by atoms with Gasteiger partial charge in [0.05, 0.1) is 24.8 Å². The lowest BCUT2D eigenvalue weighted by Crippen LogP contribution is -2.19. The molecule has 0 saturated heterocycles. The maximum absolute atomic E-state index is 14.6. The molecule has 3 heterocycles. The number of aromatic nitrogens is 4. The number of anilines is 1. The van der Waals surface area contributed by atoms with Crippen LogP contribution in [0.1, 0.15) is 12.2 Å². The molecule has 0 aliphatic rings. The molecular formula is C20H19F2N5O2. The molecule has 29 heavy (non-hydrogen) atoms. The Morgan fingerprint density at radius 2 is 2.07 bits per heavy atom. The van der Waals surface area contributed by atoms with Crippen molar-refractivity contribution < 1.29 is 13.2 Å². The van der Waals surface area contributed by atoms with Crippen molar-refractivity contribution in [3.05, 3.63) is 83.2 Å². The van der Waals surface area contributed by atoms with E-state index < -0.39 is 17.3 Å². The number of furan rings is 1. The summed E-state index contributed by atoms with van der Waals surface area (Å²) in [7, 11) is 0. The Morgan fingerprint density at radius 3 is 2.83 bits per heavy atom. The Bertz CT molecular complexity index is 1130. The van der Waals surface area contributed by atoms with Gasteiger partial charge in [-0.15, -0.1) is 0 Å². The second kappa shape index (κ2) is 8.17. The molecule has 3 aromatic heterocycles. The first-order chi connectivity index (χ1) is 14.1. The second-order valence-electron chi connectivity index (χ2n) is 6.49. The number of rotatable bonds is 8. The van der Waals surface area contributed by atoms with Gasteiger partial charge in [-0.05, 0) is 30.7 Å². The number of H-pyrrole nitrogens is 1. The predicted octanol–water partition coefficient (Wildman–Crippen LogP) is 3.61. The van der Waals surface area contributed by atoms with E-state index in [9.17, 15) is 13.6 Å². The van der Waals surface area contributed by atoms with E-state index in [0.29, 0.717) is 31.1 Å². The Labute approximate surface area is 164 Å². The molecule has 0 saturated carbocycles. The topological polar surface area (TPSA) is 80.8 Å². The minimum absolute atomic E-state index is 0.00734. The number of aryl methyl sites for hydroxylation is 1. The third-order valence-electron chi connectivity index (χ3n) is 4.57. The van der Waals surface area contributed by atoms with Crippen LogP contribution in [-0.2, 0) is 19.6 Å². The SMILES string of the molecule is O=c1[nH]c(NCc2ccco2)c(-c2cccc(F)c2F)n1CCCn1ccnc1. The molecule has 4 rings (SSSR count). The summed E-state index contributed by atoms with van der Waals surface area (Å²) in [4.78, 5) is 19.3. The van der Waals surface area contributed by atoms with Crippen molar-refractivity contribution in [3.8, 4) is 11.3 Å². The quantitative estimate of drug-likeness (QED) is 0.474. The van der Waals surface area contributed by atoms with Crippen molar-refractivity contribution in [2.24, 2.45) is 0 Å². The molecule has 7 nitrogen and oxygen atoms in total. The van der Waals surface area contributed by atoms with Crippen LogP contribution in [0.4, 0.5) is 14.6 Å². The van der Waals surface area contributed by atoms with Gasteiger partial charge in [0, 0.05) is 31.0 Å². The molecule has 0 aliphatic heterocycles. The third kappa shape index (κ3) is 3.98. The van der Waals surface area contributed by atoms with E-state index in [0.717, 1.165) is 6.07 Å². The molecule has 9 heteroatoms. The second-order valence-corrected chi connectivity index (χ2v) is 6.49. The normalized spacial score (nSPS) is 11.1. The summed E-state index contributed by atoms with van der Waals surface area (Å²) in [6, 6.07) is 7.43. The predicted molar refractivity (Wildman–Crippen MR) is 103 cm³/mol. The molecule has 0 unspecified atom stereocenters. The number of aromatic amines is 1. The number of benzene rings is 1.